The molecule has 0 aliphatic heterocycles. The maximum Gasteiger partial charge on any atom is 0.237 e. The molecule has 17 heavy (non-hydrogen) atoms. The number of rotatable bonds is 2. The summed E-state index contributed by atoms with van der Waals surface area (Å²) in [6.07, 6.45) is 8.65. The second-order valence-electron chi connectivity index (χ2n) is 6.39. The van der Waals surface area contributed by atoms with Gasteiger partial charge in [0.2, 0.25) is 5.91 Å². The van der Waals surface area contributed by atoms with Crippen molar-refractivity contribution in [2.24, 2.45) is 11.1 Å². The standard InChI is InChI=1S/C14H28N2O/c1-14(2,3)12(15)13(17)16-11-9-7-5-4-6-8-10-11/h11-12H,4-10,15H2,1-3H3,(H,16,17). The summed E-state index contributed by atoms with van der Waals surface area (Å²) in [6, 6.07) is -0.0656. The topological polar surface area (TPSA) is 55.1 Å². The molecule has 3 nitrogen and oxygen atoms in total. The van der Waals surface area contributed by atoms with Crippen LogP contribution < -0.4 is 11.1 Å². The van der Waals surface area contributed by atoms with Gasteiger partial charge in [-0.05, 0) is 18.3 Å². The minimum atomic E-state index is -0.409. The van der Waals surface area contributed by atoms with Gasteiger partial charge in [-0.25, -0.2) is 0 Å². The van der Waals surface area contributed by atoms with E-state index in [1.165, 1.54) is 32.1 Å². The van der Waals surface area contributed by atoms with Crippen molar-refractivity contribution in [1.29, 1.82) is 0 Å². The monoisotopic (exact) mass is 240 g/mol. The Morgan fingerprint density at radius 1 is 1.12 bits per heavy atom. The van der Waals surface area contributed by atoms with Crippen LogP contribution in [-0.4, -0.2) is 18.0 Å². The highest BCUT2D eigenvalue weighted by Crippen LogP contribution is 2.20. The molecule has 1 aliphatic rings. The summed E-state index contributed by atoms with van der Waals surface area (Å²) in [5, 5.41) is 3.13. The van der Waals surface area contributed by atoms with Crippen LogP contribution in [-0.2, 0) is 4.79 Å². The third kappa shape index (κ3) is 5.07. The Hall–Kier alpha value is -0.570. The Balaban J connectivity index is 2.43. The molecule has 1 fully saturated rings. The van der Waals surface area contributed by atoms with Crippen molar-refractivity contribution in [1.82, 2.24) is 5.32 Å². The lowest BCUT2D eigenvalue weighted by Crippen LogP contribution is -2.51. The van der Waals surface area contributed by atoms with Crippen molar-refractivity contribution in [3.63, 3.8) is 0 Å². The van der Waals surface area contributed by atoms with E-state index in [-0.39, 0.29) is 11.3 Å². The van der Waals surface area contributed by atoms with Gasteiger partial charge in [-0.3, -0.25) is 4.79 Å². The molecule has 0 aromatic rings. The van der Waals surface area contributed by atoms with Crippen LogP contribution >= 0.6 is 0 Å². The zero-order valence-electron chi connectivity index (χ0n) is 11.6. The molecule has 1 amide bonds. The van der Waals surface area contributed by atoms with Crippen molar-refractivity contribution in [2.75, 3.05) is 0 Å². The molecule has 1 aliphatic carbocycles. The van der Waals surface area contributed by atoms with E-state index in [9.17, 15) is 4.79 Å². The Bertz CT molecular complexity index is 237. The third-order valence-corrected chi connectivity index (χ3v) is 3.67. The van der Waals surface area contributed by atoms with Crippen molar-refractivity contribution in [2.45, 2.75) is 77.8 Å². The molecule has 0 heterocycles. The van der Waals surface area contributed by atoms with Gasteiger partial charge in [0, 0.05) is 6.04 Å². The van der Waals surface area contributed by atoms with Crippen LogP contribution in [0.1, 0.15) is 65.7 Å². The molecular formula is C14H28N2O. The van der Waals surface area contributed by atoms with Crippen molar-refractivity contribution in [3.8, 4) is 0 Å². The van der Waals surface area contributed by atoms with Crippen LogP contribution in [0.15, 0.2) is 0 Å². The van der Waals surface area contributed by atoms with E-state index in [0.29, 0.717) is 6.04 Å². The lowest BCUT2D eigenvalue weighted by Gasteiger charge is -2.29. The van der Waals surface area contributed by atoms with E-state index in [0.717, 1.165) is 12.8 Å². The molecule has 1 atom stereocenters. The number of carbonyl (C=O) groups is 1. The van der Waals surface area contributed by atoms with Gasteiger partial charge in [-0.15, -0.1) is 0 Å². The summed E-state index contributed by atoms with van der Waals surface area (Å²) >= 11 is 0. The summed E-state index contributed by atoms with van der Waals surface area (Å²) in [4.78, 5) is 12.0. The van der Waals surface area contributed by atoms with Crippen LogP contribution in [0.25, 0.3) is 0 Å². The van der Waals surface area contributed by atoms with Crippen molar-refractivity contribution in [3.05, 3.63) is 0 Å². The minimum absolute atomic E-state index is 0.0167. The van der Waals surface area contributed by atoms with E-state index in [2.05, 4.69) is 5.32 Å². The Morgan fingerprint density at radius 2 is 1.59 bits per heavy atom. The van der Waals surface area contributed by atoms with Crippen LogP contribution in [0.3, 0.4) is 0 Å². The van der Waals surface area contributed by atoms with Gasteiger partial charge in [0.05, 0.1) is 6.04 Å². The van der Waals surface area contributed by atoms with Gasteiger partial charge < -0.3 is 11.1 Å². The molecule has 100 valence electrons. The van der Waals surface area contributed by atoms with E-state index in [1.54, 1.807) is 0 Å². The molecule has 1 saturated carbocycles. The molecule has 0 radical (unpaired) electrons. The van der Waals surface area contributed by atoms with Crippen LogP contribution in [0.5, 0.6) is 0 Å². The first kappa shape index (κ1) is 14.5. The molecule has 0 spiro atoms. The smallest absolute Gasteiger partial charge is 0.237 e. The molecular weight excluding hydrogens is 212 g/mol. The maximum atomic E-state index is 12.0. The summed E-state index contributed by atoms with van der Waals surface area (Å²) in [5.41, 5.74) is 5.81. The SMILES string of the molecule is CC(C)(C)C(N)C(=O)NC1CCCCCCC1. The molecule has 0 aromatic heterocycles. The van der Waals surface area contributed by atoms with Crippen molar-refractivity contribution >= 4 is 5.91 Å². The fraction of sp³-hybridized carbons (Fsp3) is 0.929. The zero-order valence-corrected chi connectivity index (χ0v) is 11.6. The third-order valence-electron chi connectivity index (χ3n) is 3.67. The van der Waals surface area contributed by atoms with Gasteiger partial charge >= 0.3 is 0 Å². The quantitative estimate of drug-likeness (QED) is 0.779. The summed E-state index contributed by atoms with van der Waals surface area (Å²) in [6.45, 7) is 6.03. The van der Waals surface area contributed by atoms with Gasteiger partial charge in [-0.2, -0.15) is 0 Å². The largest absolute Gasteiger partial charge is 0.352 e. The predicted octanol–water partition coefficient (Wildman–Crippen LogP) is 2.59. The molecule has 0 aromatic carbocycles. The average Bonchev–Trinajstić information content (AvgIpc) is 2.19. The van der Waals surface area contributed by atoms with Crippen LogP contribution in [0.4, 0.5) is 0 Å². The number of nitrogens with one attached hydrogen (secondary N) is 1. The predicted molar refractivity (Wildman–Crippen MR) is 71.7 cm³/mol. The molecule has 1 unspecified atom stereocenters. The lowest BCUT2D eigenvalue weighted by molar-refractivity contribution is -0.125. The van der Waals surface area contributed by atoms with Gasteiger partial charge in [0.25, 0.3) is 0 Å². The normalized spacial score (nSPS) is 21.4. The summed E-state index contributed by atoms with van der Waals surface area (Å²) < 4.78 is 0. The second-order valence-corrected chi connectivity index (χ2v) is 6.39. The lowest BCUT2D eigenvalue weighted by atomic mass is 9.86. The fourth-order valence-electron chi connectivity index (χ4n) is 2.28. The zero-order chi connectivity index (χ0) is 12.9. The highest BCUT2D eigenvalue weighted by Gasteiger charge is 2.28. The summed E-state index contributed by atoms with van der Waals surface area (Å²) in [5.74, 6) is 0.0167. The number of nitrogens with two attached hydrogens (primary N) is 1. The number of amides is 1. The molecule has 1 rings (SSSR count). The van der Waals surface area contributed by atoms with Crippen molar-refractivity contribution < 1.29 is 4.79 Å². The Morgan fingerprint density at radius 3 is 2.06 bits per heavy atom. The molecule has 3 N–H and O–H groups in total. The Kier molecular flexibility index (Phi) is 5.44. The minimum Gasteiger partial charge on any atom is -0.352 e. The maximum absolute atomic E-state index is 12.0. The summed E-state index contributed by atoms with van der Waals surface area (Å²) in [7, 11) is 0. The van der Waals surface area contributed by atoms with E-state index in [1.807, 2.05) is 20.8 Å². The molecule has 0 bridgehead atoms. The van der Waals surface area contributed by atoms with E-state index in [4.69, 9.17) is 5.73 Å². The van der Waals surface area contributed by atoms with Crippen LogP contribution in [0.2, 0.25) is 0 Å². The van der Waals surface area contributed by atoms with E-state index >= 15 is 0 Å². The fourth-order valence-corrected chi connectivity index (χ4v) is 2.28. The number of hydrogen-bond donors (Lipinski definition) is 2. The van der Waals surface area contributed by atoms with E-state index < -0.39 is 6.04 Å². The highest BCUT2D eigenvalue weighted by atomic mass is 16.2. The average molecular weight is 240 g/mol. The second kappa shape index (κ2) is 6.39. The van der Waals surface area contributed by atoms with Gasteiger partial charge in [-0.1, -0.05) is 52.9 Å². The number of carbonyl (C=O) groups excluding carboxylic acids is 1. The first-order valence-electron chi connectivity index (χ1n) is 6.97. The molecule has 3 heteroatoms. The molecule has 0 saturated heterocycles. The number of hydrogen-bond acceptors (Lipinski definition) is 2. The first-order valence-corrected chi connectivity index (χ1v) is 6.97. The van der Waals surface area contributed by atoms with Crippen LogP contribution in [0, 0.1) is 5.41 Å². The van der Waals surface area contributed by atoms with Gasteiger partial charge in [0.1, 0.15) is 0 Å². The Labute approximate surface area is 106 Å². The first-order chi connectivity index (χ1) is 7.91. The highest BCUT2D eigenvalue weighted by molar-refractivity contribution is 5.82. The van der Waals surface area contributed by atoms with Gasteiger partial charge in [0.15, 0.2) is 0 Å².